The van der Waals surface area contributed by atoms with Crippen LogP contribution in [0.15, 0.2) is 0 Å². The van der Waals surface area contributed by atoms with Crippen molar-refractivity contribution in [3.63, 3.8) is 0 Å². The fourth-order valence-corrected chi connectivity index (χ4v) is 1.12. The molecule has 2 atom stereocenters. The van der Waals surface area contributed by atoms with Crippen LogP contribution in [-0.2, 0) is 14.3 Å². The van der Waals surface area contributed by atoms with Crippen LogP contribution in [0.5, 0.6) is 0 Å². The van der Waals surface area contributed by atoms with E-state index in [0.29, 0.717) is 19.6 Å². The van der Waals surface area contributed by atoms with Crippen LogP contribution in [0.4, 0.5) is 0 Å². The standard InChI is InChI=1S/C7H13NO3/c1-10-7(9)2-5-3-11-4-6(5)8/h5-6H,2-4,8H2,1H3. The molecule has 4 nitrogen and oxygen atoms in total. The van der Waals surface area contributed by atoms with E-state index in [2.05, 4.69) is 4.74 Å². The SMILES string of the molecule is COC(=O)CC1COCC1N. The number of hydrogen-bond acceptors (Lipinski definition) is 4. The maximum Gasteiger partial charge on any atom is 0.305 e. The number of rotatable bonds is 2. The van der Waals surface area contributed by atoms with E-state index >= 15 is 0 Å². The molecule has 1 aliphatic rings. The maximum absolute atomic E-state index is 10.8. The summed E-state index contributed by atoms with van der Waals surface area (Å²) >= 11 is 0. The number of hydrogen-bond donors (Lipinski definition) is 1. The molecule has 1 aliphatic heterocycles. The first-order chi connectivity index (χ1) is 5.24. The summed E-state index contributed by atoms with van der Waals surface area (Å²) in [5, 5.41) is 0. The van der Waals surface area contributed by atoms with E-state index in [4.69, 9.17) is 10.5 Å². The minimum absolute atomic E-state index is 0.00546. The van der Waals surface area contributed by atoms with E-state index in [1.54, 1.807) is 0 Å². The molecule has 0 aromatic rings. The van der Waals surface area contributed by atoms with Crippen LogP contribution in [-0.4, -0.2) is 32.3 Å². The topological polar surface area (TPSA) is 61.5 Å². The van der Waals surface area contributed by atoms with Crippen molar-refractivity contribution < 1.29 is 14.3 Å². The van der Waals surface area contributed by atoms with Gasteiger partial charge in [-0.05, 0) is 0 Å². The van der Waals surface area contributed by atoms with Gasteiger partial charge >= 0.3 is 5.97 Å². The Morgan fingerprint density at radius 2 is 2.45 bits per heavy atom. The van der Waals surface area contributed by atoms with Gasteiger partial charge in [0.2, 0.25) is 0 Å². The molecule has 0 bridgehead atoms. The van der Waals surface area contributed by atoms with Gasteiger partial charge in [0.05, 0.1) is 26.7 Å². The van der Waals surface area contributed by atoms with Gasteiger partial charge in [-0.1, -0.05) is 0 Å². The molecule has 2 unspecified atom stereocenters. The highest BCUT2D eigenvalue weighted by molar-refractivity contribution is 5.69. The van der Waals surface area contributed by atoms with Crippen molar-refractivity contribution in [2.75, 3.05) is 20.3 Å². The maximum atomic E-state index is 10.8. The summed E-state index contributed by atoms with van der Waals surface area (Å²) in [7, 11) is 1.38. The normalized spacial score (nSPS) is 30.4. The zero-order valence-electron chi connectivity index (χ0n) is 6.58. The smallest absolute Gasteiger partial charge is 0.305 e. The highest BCUT2D eigenvalue weighted by atomic mass is 16.5. The zero-order valence-corrected chi connectivity index (χ0v) is 6.58. The Balaban J connectivity index is 2.30. The molecule has 1 rings (SSSR count). The van der Waals surface area contributed by atoms with E-state index in [0.717, 1.165) is 0 Å². The minimum atomic E-state index is -0.212. The van der Waals surface area contributed by atoms with Crippen molar-refractivity contribution in [3.8, 4) is 0 Å². The Bertz CT molecular complexity index is 149. The Kier molecular flexibility index (Phi) is 2.84. The molecule has 11 heavy (non-hydrogen) atoms. The molecule has 1 heterocycles. The van der Waals surface area contributed by atoms with Gasteiger partial charge in [0.25, 0.3) is 0 Å². The Morgan fingerprint density at radius 1 is 1.73 bits per heavy atom. The quantitative estimate of drug-likeness (QED) is 0.553. The predicted octanol–water partition coefficient (Wildman–Crippen LogP) is -0.477. The molecule has 0 aliphatic carbocycles. The molecule has 0 radical (unpaired) electrons. The lowest BCUT2D eigenvalue weighted by Crippen LogP contribution is -2.30. The van der Waals surface area contributed by atoms with Crippen molar-refractivity contribution in [2.24, 2.45) is 11.7 Å². The molecule has 1 saturated heterocycles. The van der Waals surface area contributed by atoms with Gasteiger partial charge in [-0.2, -0.15) is 0 Å². The van der Waals surface area contributed by atoms with Gasteiger partial charge in [0.15, 0.2) is 0 Å². The second-order valence-corrected chi connectivity index (χ2v) is 2.74. The molecule has 2 N–H and O–H groups in total. The predicted molar refractivity (Wildman–Crippen MR) is 38.9 cm³/mol. The van der Waals surface area contributed by atoms with E-state index in [1.807, 2.05) is 0 Å². The minimum Gasteiger partial charge on any atom is -0.469 e. The molecule has 0 aromatic heterocycles. The third-order valence-corrected chi connectivity index (χ3v) is 1.90. The van der Waals surface area contributed by atoms with E-state index < -0.39 is 0 Å². The van der Waals surface area contributed by atoms with Crippen molar-refractivity contribution in [1.29, 1.82) is 0 Å². The number of methoxy groups -OCH3 is 1. The molecule has 0 amide bonds. The van der Waals surface area contributed by atoms with E-state index in [9.17, 15) is 4.79 Å². The fourth-order valence-electron chi connectivity index (χ4n) is 1.12. The highest BCUT2D eigenvalue weighted by Crippen LogP contribution is 2.15. The van der Waals surface area contributed by atoms with Gasteiger partial charge in [0.1, 0.15) is 0 Å². The summed E-state index contributed by atoms with van der Waals surface area (Å²) in [4.78, 5) is 10.8. The number of ether oxygens (including phenoxy) is 2. The number of carbonyl (C=O) groups excluding carboxylic acids is 1. The van der Waals surface area contributed by atoms with Gasteiger partial charge in [-0.3, -0.25) is 4.79 Å². The van der Waals surface area contributed by atoms with Crippen molar-refractivity contribution in [1.82, 2.24) is 0 Å². The average Bonchev–Trinajstić information content (AvgIpc) is 2.37. The van der Waals surface area contributed by atoms with Crippen molar-refractivity contribution in [3.05, 3.63) is 0 Å². The lowest BCUT2D eigenvalue weighted by molar-refractivity contribution is -0.141. The summed E-state index contributed by atoms with van der Waals surface area (Å²) in [6.07, 6.45) is 0.373. The van der Waals surface area contributed by atoms with Crippen LogP contribution in [0.1, 0.15) is 6.42 Å². The van der Waals surface area contributed by atoms with E-state index in [1.165, 1.54) is 7.11 Å². The van der Waals surface area contributed by atoms with Gasteiger partial charge < -0.3 is 15.2 Å². The van der Waals surface area contributed by atoms with Crippen LogP contribution >= 0.6 is 0 Å². The average molecular weight is 159 g/mol. The first-order valence-electron chi connectivity index (χ1n) is 3.64. The Labute approximate surface area is 65.7 Å². The van der Waals surface area contributed by atoms with Crippen LogP contribution in [0.3, 0.4) is 0 Å². The summed E-state index contributed by atoms with van der Waals surface area (Å²) in [5.41, 5.74) is 5.65. The molecule has 64 valence electrons. The molecular formula is C7H13NO3. The van der Waals surface area contributed by atoms with Crippen LogP contribution < -0.4 is 5.73 Å². The molecular weight excluding hydrogens is 146 g/mol. The molecule has 0 spiro atoms. The first-order valence-corrected chi connectivity index (χ1v) is 3.64. The highest BCUT2D eigenvalue weighted by Gasteiger charge is 2.27. The van der Waals surface area contributed by atoms with Crippen molar-refractivity contribution >= 4 is 5.97 Å². The van der Waals surface area contributed by atoms with Crippen molar-refractivity contribution in [2.45, 2.75) is 12.5 Å². The van der Waals surface area contributed by atoms with Crippen LogP contribution in [0.2, 0.25) is 0 Å². The molecule has 1 fully saturated rings. The van der Waals surface area contributed by atoms with Gasteiger partial charge in [-0.15, -0.1) is 0 Å². The monoisotopic (exact) mass is 159 g/mol. The zero-order chi connectivity index (χ0) is 8.27. The number of carbonyl (C=O) groups is 1. The summed E-state index contributed by atoms with van der Waals surface area (Å²) in [5.74, 6) is -0.0709. The fraction of sp³-hybridized carbons (Fsp3) is 0.857. The third-order valence-electron chi connectivity index (χ3n) is 1.90. The lowest BCUT2D eigenvalue weighted by atomic mass is 10.0. The summed E-state index contributed by atoms with van der Waals surface area (Å²) < 4.78 is 9.59. The largest absolute Gasteiger partial charge is 0.469 e. The third kappa shape index (κ3) is 2.17. The Hall–Kier alpha value is -0.610. The van der Waals surface area contributed by atoms with Gasteiger partial charge in [-0.25, -0.2) is 0 Å². The van der Waals surface area contributed by atoms with Crippen LogP contribution in [0.25, 0.3) is 0 Å². The number of esters is 1. The lowest BCUT2D eigenvalue weighted by Gasteiger charge is -2.10. The molecule has 0 aromatic carbocycles. The summed E-state index contributed by atoms with van der Waals surface area (Å²) in [6, 6.07) is -0.00546. The number of nitrogens with two attached hydrogens (primary N) is 1. The second-order valence-electron chi connectivity index (χ2n) is 2.74. The molecule has 4 heteroatoms. The summed E-state index contributed by atoms with van der Waals surface area (Å²) in [6.45, 7) is 1.14. The van der Waals surface area contributed by atoms with Crippen LogP contribution in [0, 0.1) is 5.92 Å². The van der Waals surface area contributed by atoms with Gasteiger partial charge in [0, 0.05) is 12.0 Å². The molecule has 0 saturated carbocycles. The Morgan fingerprint density at radius 3 is 2.91 bits per heavy atom. The van der Waals surface area contributed by atoms with E-state index in [-0.39, 0.29) is 17.9 Å². The first kappa shape index (κ1) is 8.49. The second kappa shape index (κ2) is 3.69.